The van der Waals surface area contributed by atoms with Crippen molar-refractivity contribution in [2.24, 2.45) is 5.73 Å². The van der Waals surface area contributed by atoms with Gasteiger partial charge in [0.2, 0.25) is 0 Å². The van der Waals surface area contributed by atoms with Crippen LogP contribution in [0.4, 0.5) is 26.3 Å². The number of nitrogens with two attached hydrogens (primary N) is 1. The van der Waals surface area contributed by atoms with E-state index in [2.05, 4.69) is 4.98 Å². The molecule has 0 atom stereocenters. The molecule has 2 aromatic carbocycles. The van der Waals surface area contributed by atoms with E-state index in [0.717, 1.165) is 24.3 Å². The van der Waals surface area contributed by atoms with E-state index in [9.17, 15) is 26.3 Å². The number of hydrogen-bond donors (Lipinski definition) is 1. The largest absolute Gasteiger partial charge is 0.416 e. The predicted molar refractivity (Wildman–Crippen MR) is 101 cm³/mol. The molecule has 0 amide bonds. The van der Waals surface area contributed by atoms with E-state index in [-0.39, 0.29) is 4.99 Å². The third-order valence-electron chi connectivity index (χ3n) is 4.13. The number of alkyl halides is 6. The Bertz CT molecular complexity index is 963. The van der Waals surface area contributed by atoms with Crippen molar-refractivity contribution in [1.29, 1.82) is 0 Å². The first kappa shape index (κ1) is 20.8. The van der Waals surface area contributed by atoms with Crippen LogP contribution in [0.25, 0.3) is 22.5 Å². The Morgan fingerprint density at radius 3 is 1.31 bits per heavy atom. The summed E-state index contributed by atoms with van der Waals surface area (Å²) in [5.41, 5.74) is 5.78. The summed E-state index contributed by atoms with van der Waals surface area (Å²) in [5, 5.41) is 0. The zero-order chi connectivity index (χ0) is 21.4. The summed E-state index contributed by atoms with van der Waals surface area (Å²) in [5.74, 6) is 0. The molecular formula is C20H12F6N2S. The van der Waals surface area contributed by atoms with Crippen LogP contribution in [0.1, 0.15) is 16.7 Å². The maximum absolute atomic E-state index is 12.8. The molecule has 3 rings (SSSR count). The molecule has 0 aliphatic heterocycles. The third kappa shape index (κ3) is 4.73. The molecule has 2 nitrogen and oxygen atoms in total. The summed E-state index contributed by atoms with van der Waals surface area (Å²) >= 11 is 4.97. The fourth-order valence-corrected chi connectivity index (χ4v) is 2.75. The van der Waals surface area contributed by atoms with Gasteiger partial charge >= 0.3 is 12.4 Å². The molecule has 3 aromatic rings. The topological polar surface area (TPSA) is 38.9 Å². The van der Waals surface area contributed by atoms with Crippen molar-refractivity contribution in [2.45, 2.75) is 12.4 Å². The molecule has 0 aliphatic carbocycles. The van der Waals surface area contributed by atoms with Crippen LogP contribution in [0.5, 0.6) is 0 Å². The Morgan fingerprint density at radius 1 is 0.690 bits per heavy atom. The number of hydrogen-bond acceptors (Lipinski definition) is 2. The monoisotopic (exact) mass is 426 g/mol. The van der Waals surface area contributed by atoms with Gasteiger partial charge in [-0.3, -0.25) is 0 Å². The molecule has 1 aromatic heterocycles. The fraction of sp³-hybridized carbons (Fsp3) is 0.100. The van der Waals surface area contributed by atoms with E-state index in [1.54, 1.807) is 0 Å². The SMILES string of the molecule is NC(=S)c1cc(-c2ccc(C(F)(F)F)cc2)nc(-c2ccc(C(F)(F)F)cc2)c1. The molecular weight excluding hydrogens is 414 g/mol. The smallest absolute Gasteiger partial charge is 0.389 e. The lowest BCUT2D eigenvalue weighted by molar-refractivity contribution is -0.138. The van der Waals surface area contributed by atoms with Gasteiger partial charge in [-0.2, -0.15) is 26.3 Å². The molecule has 0 bridgehead atoms. The molecule has 1 heterocycles. The van der Waals surface area contributed by atoms with Gasteiger partial charge in [-0.15, -0.1) is 0 Å². The van der Waals surface area contributed by atoms with Crippen LogP contribution in [-0.4, -0.2) is 9.97 Å². The summed E-state index contributed by atoms with van der Waals surface area (Å²) in [6.45, 7) is 0. The zero-order valence-electron chi connectivity index (χ0n) is 14.5. The van der Waals surface area contributed by atoms with Gasteiger partial charge in [-0.05, 0) is 36.4 Å². The predicted octanol–water partition coefficient (Wildman–Crippen LogP) is 6.09. The summed E-state index contributed by atoms with van der Waals surface area (Å²) in [7, 11) is 0. The average molecular weight is 426 g/mol. The quantitative estimate of drug-likeness (QED) is 0.407. The van der Waals surface area contributed by atoms with E-state index in [0.29, 0.717) is 28.1 Å². The summed E-state index contributed by atoms with van der Waals surface area (Å²) in [4.78, 5) is 4.38. The first-order chi connectivity index (χ1) is 13.4. The van der Waals surface area contributed by atoms with Crippen LogP contribution in [0.15, 0.2) is 60.7 Å². The van der Waals surface area contributed by atoms with Crippen LogP contribution in [0.3, 0.4) is 0 Å². The van der Waals surface area contributed by atoms with E-state index < -0.39 is 23.5 Å². The van der Waals surface area contributed by atoms with Crippen LogP contribution in [-0.2, 0) is 12.4 Å². The zero-order valence-corrected chi connectivity index (χ0v) is 15.3. The fourth-order valence-electron chi connectivity index (χ4n) is 2.63. The lowest BCUT2D eigenvalue weighted by atomic mass is 10.0. The Balaban J connectivity index is 2.06. The highest BCUT2D eigenvalue weighted by Gasteiger charge is 2.31. The molecule has 0 radical (unpaired) electrons. The van der Waals surface area contributed by atoms with Crippen molar-refractivity contribution in [3.63, 3.8) is 0 Å². The lowest BCUT2D eigenvalue weighted by Crippen LogP contribution is -2.10. The number of aromatic nitrogens is 1. The number of halogens is 6. The van der Waals surface area contributed by atoms with Gasteiger partial charge in [0.25, 0.3) is 0 Å². The van der Waals surface area contributed by atoms with Crippen molar-refractivity contribution in [3.8, 4) is 22.5 Å². The van der Waals surface area contributed by atoms with Gasteiger partial charge in [-0.25, -0.2) is 4.98 Å². The van der Waals surface area contributed by atoms with Gasteiger partial charge in [0.05, 0.1) is 22.5 Å². The number of pyridine rings is 1. The van der Waals surface area contributed by atoms with Crippen molar-refractivity contribution in [3.05, 3.63) is 77.4 Å². The number of nitrogens with zero attached hydrogens (tertiary/aromatic N) is 1. The molecule has 150 valence electrons. The first-order valence-electron chi connectivity index (χ1n) is 8.12. The van der Waals surface area contributed by atoms with Crippen LogP contribution >= 0.6 is 12.2 Å². The maximum Gasteiger partial charge on any atom is 0.416 e. The van der Waals surface area contributed by atoms with Crippen LogP contribution in [0.2, 0.25) is 0 Å². The summed E-state index contributed by atoms with van der Waals surface area (Å²) in [6.07, 6.45) is -8.95. The standard InChI is InChI=1S/C20H12F6N2S/c21-19(22,23)14-5-1-11(2-6-14)16-9-13(18(27)29)10-17(28-16)12-3-7-15(8-4-12)20(24,25)26/h1-10H,(H2,27,29). The minimum atomic E-state index is -4.47. The molecule has 0 saturated heterocycles. The number of rotatable bonds is 3. The molecule has 0 aliphatic rings. The number of thiocarbonyl (C=S) groups is 1. The highest BCUT2D eigenvalue weighted by atomic mass is 32.1. The Hall–Kier alpha value is -2.94. The maximum atomic E-state index is 12.8. The molecule has 2 N–H and O–H groups in total. The second-order valence-corrected chi connectivity index (χ2v) is 6.58. The highest BCUT2D eigenvalue weighted by molar-refractivity contribution is 7.80. The van der Waals surface area contributed by atoms with Gasteiger partial charge < -0.3 is 5.73 Å². The van der Waals surface area contributed by atoms with Gasteiger partial charge in [0, 0.05) is 16.7 Å². The Morgan fingerprint density at radius 2 is 1.03 bits per heavy atom. The lowest BCUT2D eigenvalue weighted by Gasteiger charge is -2.11. The number of benzene rings is 2. The van der Waals surface area contributed by atoms with Crippen LogP contribution < -0.4 is 5.73 Å². The van der Waals surface area contributed by atoms with Crippen molar-refractivity contribution in [2.75, 3.05) is 0 Å². The highest BCUT2D eigenvalue weighted by Crippen LogP contribution is 2.33. The van der Waals surface area contributed by atoms with Crippen LogP contribution in [0, 0.1) is 0 Å². The van der Waals surface area contributed by atoms with Crippen molar-refractivity contribution >= 4 is 17.2 Å². The molecule has 0 fully saturated rings. The van der Waals surface area contributed by atoms with Gasteiger partial charge in [0.15, 0.2) is 0 Å². The molecule has 0 spiro atoms. The Labute approximate surface area is 167 Å². The van der Waals surface area contributed by atoms with Crippen molar-refractivity contribution in [1.82, 2.24) is 4.98 Å². The minimum absolute atomic E-state index is 0.0220. The van der Waals surface area contributed by atoms with Gasteiger partial charge in [0.1, 0.15) is 4.99 Å². The minimum Gasteiger partial charge on any atom is -0.389 e. The molecule has 0 unspecified atom stereocenters. The molecule has 29 heavy (non-hydrogen) atoms. The normalized spacial score (nSPS) is 12.1. The summed E-state index contributed by atoms with van der Waals surface area (Å²) < 4.78 is 76.6. The van der Waals surface area contributed by atoms with E-state index in [4.69, 9.17) is 18.0 Å². The average Bonchev–Trinajstić information content (AvgIpc) is 2.66. The van der Waals surface area contributed by atoms with E-state index in [1.165, 1.54) is 36.4 Å². The molecule has 0 saturated carbocycles. The Kier molecular flexibility index (Phi) is 5.36. The van der Waals surface area contributed by atoms with E-state index >= 15 is 0 Å². The first-order valence-corrected chi connectivity index (χ1v) is 8.53. The summed E-state index contributed by atoms with van der Waals surface area (Å²) in [6, 6.07) is 11.7. The second kappa shape index (κ2) is 7.47. The van der Waals surface area contributed by atoms with Gasteiger partial charge in [-0.1, -0.05) is 36.5 Å². The second-order valence-electron chi connectivity index (χ2n) is 6.14. The van der Waals surface area contributed by atoms with E-state index in [1.807, 2.05) is 0 Å². The third-order valence-corrected chi connectivity index (χ3v) is 4.36. The van der Waals surface area contributed by atoms with Crippen molar-refractivity contribution < 1.29 is 26.3 Å². The molecule has 9 heteroatoms.